The van der Waals surface area contributed by atoms with E-state index in [1.807, 2.05) is 6.92 Å². The zero-order valence-corrected chi connectivity index (χ0v) is 22.3. The third kappa shape index (κ3) is 3.65. The summed E-state index contributed by atoms with van der Waals surface area (Å²) in [6, 6.07) is -0.396. The van der Waals surface area contributed by atoms with Gasteiger partial charge in [0.05, 0.1) is 29.5 Å². The Kier molecular flexibility index (Phi) is 5.91. The van der Waals surface area contributed by atoms with Gasteiger partial charge < -0.3 is 19.5 Å². The van der Waals surface area contributed by atoms with Crippen LogP contribution in [-0.4, -0.2) is 69.2 Å². The lowest BCUT2D eigenvalue weighted by atomic mass is 9.77. The molecule has 184 valence electrons. The number of carboxylic acid groups (broad SMARTS) is 1. The summed E-state index contributed by atoms with van der Waals surface area (Å²) in [6.45, 7) is 13.9. The number of rotatable bonds is 7. The molecule has 0 spiro atoms. The van der Waals surface area contributed by atoms with Gasteiger partial charge in [-0.25, -0.2) is 9.78 Å². The Morgan fingerprint density at radius 2 is 1.97 bits per heavy atom. The molecule has 0 radical (unpaired) electrons. The van der Waals surface area contributed by atoms with Crippen LogP contribution in [0, 0.1) is 11.8 Å². The Bertz CT molecular complexity index is 1220. The maximum atomic E-state index is 13.0. The first-order valence-electron chi connectivity index (χ1n) is 11.3. The van der Waals surface area contributed by atoms with Crippen molar-refractivity contribution in [1.82, 2.24) is 14.3 Å². The van der Waals surface area contributed by atoms with Gasteiger partial charge in [0.2, 0.25) is 11.7 Å². The van der Waals surface area contributed by atoms with Crippen molar-refractivity contribution in [1.29, 1.82) is 0 Å². The topological polar surface area (TPSA) is 121 Å². The highest BCUT2D eigenvalue weighted by Gasteiger charge is 2.60. The molecule has 1 amide bonds. The van der Waals surface area contributed by atoms with Gasteiger partial charge in [-0.1, -0.05) is 27.7 Å². The molecule has 0 aliphatic carbocycles. The lowest BCUT2D eigenvalue weighted by Gasteiger charge is -2.46. The van der Waals surface area contributed by atoms with Gasteiger partial charge in [0.1, 0.15) is 22.5 Å². The molecule has 4 atom stereocenters. The number of hydrogen-bond acceptors (Lipinski definition) is 7. The fourth-order valence-corrected chi connectivity index (χ4v) is 6.70. The summed E-state index contributed by atoms with van der Waals surface area (Å²) < 4.78 is 7.78. The number of hydrogen-bond donors (Lipinski definition) is 2. The van der Waals surface area contributed by atoms with Gasteiger partial charge in [0.25, 0.3) is 0 Å². The molecule has 2 aliphatic heterocycles. The molecule has 4 heterocycles. The smallest absolute Gasteiger partial charge is 0.352 e. The van der Waals surface area contributed by atoms with E-state index in [1.165, 1.54) is 22.6 Å². The van der Waals surface area contributed by atoms with Crippen molar-refractivity contribution < 1.29 is 29.0 Å². The van der Waals surface area contributed by atoms with E-state index in [0.29, 0.717) is 21.0 Å². The number of β-lactam (4-membered cyclic amide) rings is 1. The summed E-state index contributed by atoms with van der Waals surface area (Å²) in [5, 5.41) is 19.9. The molecule has 34 heavy (non-hydrogen) atoms. The first kappa shape index (κ1) is 24.8. The number of carbonyl (C=O) groups is 3. The van der Waals surface area contributed by atoms with E-state index in [-0.39, 0.29) is 35.0 Å². The van der Waals surface area contributed by atoms with Crippen LogP contribution in [0.2, 0.25) is 18.1 Å². The molecule has 11 heteroatoms. The van der Waals surface area contributed by atoms with Crippen LogP contribution >= 0.6 is 11.3 Å². The zero-order valence-electron chi connectivity index (χ0n) is 20.4. The lowest BCUT2D eigenvalue weighted by molar-refractivity contribution is -0.163. The van der Waals surface area contributed by atoms with Crippen LogP contribution in [0.4, 0.5) is 0 Å². The number of nitrogens with zero attached hydrogens (tertiary/aromatic N) is 3. The molecule has 0 bridgehead atoms. The second-order valence-electron chi connectivity index (χ2n) is 10.7. The highest BCUT2D eigenvalue weighted by Crippen LogP contribution is 2.51. The van der Waals surface area contributed by atoms with Crippen LogP contribution < -0.4 is 0 Å². The average Bonchev–Trinajstić information content (AvgIpc) is 3.34. The number of aromatic nitrogens is 2. The molecule has 2 aromatic rings. The Labute approximate surface area is 203 Å². The Morgan fingerprint density at radius 1 is 1.32 bits per heavy atom. The van der Waals surface area contributed by atoms with E-state index in [0.717, 1.165) is 0 Å². The summed E-state index contributed by atoms with van der Waals surface area (Å²) >= 11 is 1.28. The minimum atomic E-state index is -2.11. The van der Waals surface area contributed by atoms with Crippen molar-refractivity contribution in [3.05, 3.63) is 28.8 Å². The summed E-state index contributed by atoms with van der Waals surface area (Å²) in [5.41, 5.74) is 0.781. The summed E-state index contributed by atoms with van der Waals surface area (Å²) in [6.07, 6.45) is 2.42. The van der Waals surface area contributed by atoms with E-state index in [4.69, 9.17) is 4.43 Å². The minimum Gasteiger partial charge on any atom is -0.477 e. The third-order valence-corrected chi connectivity index (χ3v) is 13.1. The molecule has 2 N–H and O–H groups in total. The van der Waals surface area contributed by atoms with Crippen molar-refractivity contribution in [2.75, 3.05) is 6.61 Å². The number of ketones is 1. The summed E-state index contributed by atoms with van der Waals surface area (Å²) in [7, 11) is -2.11. The van der Waals surface area contributed by atoms with Crippen LogP contribution in [0.5, 0.6) is 0 Å². The van der Waals surface area contributed by atoms with Crippen LogP contribution in [0.15, 0.2) is 18.2 Å². The van der Waals surface area contributed by atoms with Gasteiger partial charge >= 0.3 is 5.97 Å². The number of carboxylic acids is 1. The number of aliphatic hydroxyl groups is 1. The Balaban J connectivity index is 1.67. The average molecular weight is 506 g/mol. The van der Waals surface area contributed by atoms with Gasteiger partial charge in [0, 0.05) is 17.7 Å². The Morgan fingerprint density at radius 3 is 2.53 bits per heavy atom. The number of aliphatic hydroxyl groups excluding tert-OH is 1. The van der Waals surface area contributed by atoms with Gasteiger partial charge in [-0.05, 0) is 25.1 Å². The van der Waals surface area contributed by atoms with E-state index >= 15 is 0 Å². The van der Waals surface area contributed by atoms with Crippen molar-refractivity contribution in [3.63, 3.8) is 0 Å². The number of carbonyl (C=O) groups excluding carboxylic acids is 2. The van der Waals surface area contributed by atoms with Crippen molar-refractivity contribution in [2.24, 2.45) is 11.8 Å². The molecule has 0 saturated carbocycles. The largest absolute Gasteiger partial charge is 0.477 e. The molecule has 1 fully saturated rings. The third-order valence-electron chi connectivity index (χ3n) is 7.49. The molecule has 2 aromatic heterocycles. The number of imidazole rings is 1. The zero-order chi connectivity index (χ0) is 25.3. The van der Waals surface area contributed by atoms with E-state index in [1.54, 1.807) is 17.5 Å². The fraction of sp³-hybridized carbons (Fsp3) is 0.565. The second-order valence-corrected chi connectivity index (χ2v) is 16.5. The Hall–Kier alpha value is -2.34. The fourth-order valence-electron chi connectivity index (χ4n) is 4.54. The SMILES string of the molecule is C[C@@H](O)[C@H]1C(=O)N2C(C(=O)O)=C(c3cn4cnc(C(=O)CO[Si](C)(C)C(C)(C)C)c4s3)[C@H](C)[C@H]12. The molecular weight excluding hydrogens is 474 g/mol. The molecule has 2 aliphatic rings. The second kappa shape index (κ2) is 8.11. The number of amides is 1. The van der Waals surface area contributed by atoms with Gasteiger partial charge in [-0.15, -0.1) is 11.3 Å². The number of fused-ring (bicyclic) bond motifs is 2. The molecular formula is C23H31N3O6SSi. The van der Waals surface area contributed by atoms with Crippen LogP contribution in [-0.2, 0) is 14.0 Å². The molecule has 0 aromatic carbocycles. The van der Waals surface area contributed by atoms with E-state index in [2.05, 4.69) is 38.8 Å². The van der Waals surface area contributed by atoms with Crippen LogP contribution in [0.3, 0.4) is 0 Å². The van der Waals surface area contributed by atoms with Crippen molar-refractivity contribution >= 4 is 47.7 Å². The number of aliphatic carboxylic acids is 1. The standard InChI is InChI=1S/C23H31N3O6SSi/c1-11-15(19(22(30)31)26-18(11)16(12(2)27)20(26)29)14-8-25-10-24-17(21(25)33-14)13(28)9-32-34(6,7)23(3,4)5/h8,10-12,16,18,27H,9H2,1-7H3,(H,30,31)/t11-,12+,16+,18+/m0/s1. The minimum absolute atomic E-state index is 0.0265. The summed E-state index contributed by atoms with van der Waals surface area (Å²) in [5.74, 6) is -2.68. The predicted molar refractivity (Wildman–Crippen MR) is 130 cm³/mol. The predicted octanol–water partition coefficient (Wildman–Crippen LogP) is 3.25. The summed E-state index contributed by atoms with van der Waals surface area (Å²) in [4.78, 5) is 44.6. The van der Waals surface area contributed by atoms with Gasteiger partial charge in [0.15, 0.2) is 8.32 Å². The van der Waals surface area contributed by atoms with E-state index in [9.17, 15) is 24.6 Å². The molecule has 4 rings (SSSR count). The van der Waals surface area contributed by atoms with Gasteiger partial charge in [-0.3, -0.25) is 14.0 Å². The number of thiazole rings is 1. The normalized spacial score (nSPS) is 23.9. The molecule has 9 nitrogen and oxygen atoms in total. The van der Waals surface area contributed by atoms with Crippen molar-refractivity contribution in [3.8, 4) is 0 Å². The van der Waals surface area contributed by atoms with Crippen molar-refractivity contribution in [2.45, 2.75) is 64.9 Å². The molecule has 0 unspecified atom stereocenters. The monoisotopic (exact) mass is 505 g/mol. The quantitative estimate of drug-likeness (QED) is 0.336. The molecule has 1 saturated heterocycles. The maximum absolute atomic E-state index is 13.0. The first-order chi connectivity index (χ1) is 15.7. The lowest BCUT2D eigenvalue weighted by Crippen LogP contribution is -2.63. The maximum Gasteiger partial charge on any atom is 0.352 e. The van der Waals surface area contributed by atoms with E-state index < -0.39 is 32.4 Å². The first-order valence-corrected chi connectivity index (χ1v) is 15.0. The highest BCUT2D eigenvalue weighted by atomic mass is 32.1. The highest BCUT2D eigenvalue weighted by molar-refractivity contribution is 7.18. The number of Topliss-reactive ketones (excluding diaryl/α,β-unsaturated/α-hetero) is 1. The van der Waals surface area contributed by atoms with Gasteiger partial charge in [-0.2, -0.15) is 0 Å². The van der Waals surface area contributed by atoms with Crippen LogP contribution in [0.25, 0.3) is 10.4 Å². The van der Waals surface area contributed by atoms with Crippen LogP contribution in [0.1, 0.15) is 50.0 Å².